The second-order valence-corrected chi connectivity index (χ2v) is 3.80. The normalized spacial score (nSPS) is 10.5. The molecule has 3 nitrogen and oxygen atoms in total. The zero-order valence-corrected chi connectivity index (χ0v) is 9.08. The third-order valence-corrected chi connectivity index (χ3v) is 2.39. The van der Waals surface area contributed by atoms with E-state index in [1.54, 1.807) is 12.5 Å². The Balaban J connectivity index is 2.04. The van der Waals surface area contributed by atoms with E-state index in [4.69, 9.17) is 10.2 Å². The number of ketones is 1. The molecule has 3 heteroatoms. The topological polar surface area (TPSA) is 56.2 Å². The average molecular weight is 209 g/mol. The molecule has 0 saturated carbocycles. The molecule has 0 aliphatic rings. The van der Waals surface area contributed by atoms with Crippen molar-refractivity contribution in [2.75, 3.05) is 6.54 Å². The molecular weight excluding hydrogens is 190 g/mol. The Morgan fingerprint density at radius 2 is 2.07 bits per heavy atom. The predicted molar refractivity (Wildman–Crippen MR) is 59.6 cm³/mol. The van der Waals surface area contributed by atoms with E-state index in [-0.39, 0.29) is 0 Å². The zero-order chi connectivity index (χ0) is 10.9. The van der Waals surface area contributed by atoms with Crippen molar-refractivity contribution in [2.45, 2.75) is 38.5 Å². The van der Waals surface area contributed by atoms with Gasteiger partial charge in [-0.25, -0.2) is 0 Å². The van der Waals surface area contributed by atoms with E-state index in [0.717, 1.165) is 37.8 Å². The van der Waals surface area contributed by atoms with E-state index >= 15 is 0 Å². The van der Waals surface area contributed by atoms with Gasteiger partial charge in [0.25, 0.3) is 0 Å². The molecular formula is C12H19NO2. The molecule has 0 amide bonds. The Morgan fingerprint density at radius 1 is 1.27 bits per heavy atom. The fraction of sp³-hybridized carbons (Fsp3) is 0.583. The van der Waals surface area contributed by atoms with Crippen molar-refractivity contribution < 1.29 is 9.21 Å². The highest BCUT2D eigenvalue weighted by molar-refractivity contribution is 5.80. The van der Waals surface area contributed by atoms with Gasteiger partial charge in [0.2, 0.25) is 0 Å². The zero-order valence-electron chi connectivity index (χ0n) is 9.08. The molecule has 0 aliphatic heterocycles. The van der Waals surface area contributed by atoms with Crippen molar-refractivity contribution in [3.8, 4) is 0 Å². The van der Waals surface area contributed by atoms with Crippen LogP contribution in [0.1, 0.15) is 37.7 Å². The van der Waals surface area contributed by atoms with Crippen LogP contribution in [0.25, 0.3) is 0 Å². The molecule has 0 spiro atoms. The number of rotatable bonds is 8. The first kappa shape index (κ1) is 12.0. The fourth-order valence-corrected chi connectivity index (χ4v) is 1.53. The van der Waals surface area contributed by atoms with Gasteiger partial charge in [0.05, 0.1) is 12.5 Å². The summed E-state index contributed by atoms with van der Waals surface area (Å²) in [4.78, 5) is 11.5. The molecule has 0 bridgehead atoms. The molecule has 1 heterocycles. The number of nitrogens with two attached hydrogens (primary N) is 1. The minimum Gasteiger partial charge on any atom is -0.472 e. The molecule has 0 unspecified atom stereocenters. The summed E-state index contributed by atoms with van der Waals surface area (Å²) in [6.45, 7) is 0.753. The third-order valence-electron chi connectivity index (χ3n) is 2.39. The van der Waals surface area contributed by atoms with E-state index in [1.165, 1.54) is 0 Å². The van der Waals surface area contributed by atoms with Gasteiger partial charge in [-0.2, -0.15) is 0 Å². The van der Waals surface area contributed by atoms with Crippen molar-refractivity contribution in [1.29, 1.82) is 0 Å². The van der Waals surface area contributed by atoms with Crippen molar-refractivity contribution in [3.63, 3.8) is 0 Å². The highest BCUT2D eigenvalue weighted by atomic mass is 16.3. The van der Waals surface area contributed by atoms with E-state index in [0.29, 0.717) is 18.6 Å². The highest BCUT2D eigenvalue weighted by Gasteiger charge is 2.04. The lowest BCUT2D eigenvalue weighted by atomic mass is 10.1. The Bertz CT molecular complexity index is 267. The Kier molecular flexibility index (Phi) is 5.78. The van der Waals surface area contributed by atoms with Crippen LogP contribution in [-0.4, -0.2) is 12.3 Å². The van der Waals surface area contributed by atoms with E-state index in [9.17, 15) is 4.79 Å². The van der Waals surface area contributed by atoms with Gasteiger partial charge in [0, 0.05) is 12.8 Å². The van der Waals surface area contributed by atoms with Gasteiger partial charge in [-0.3, -0.25) is 4.79 Å². The second-order valence-electron chi connectivity index (χ2n) is 3.80. The van der Waals surface area contributed by atoms with Crippen molar-refractivity contribution in [2.24, 2.45) is 5.73 Å². The SMILES string of the molecule is NCCCCCCC(=O)Cc1ccoc1. The molecule has 0 fully saturated rings. The monoisotopic (exact) mass is 209 g/mol. The first-order valence-electron chi connectivity index (χ1n) is 5.56. The van der Waals surface area contributed by atoms with Crippen LogP contribution in [0.3, 0.4) is 0 Å². The lowest BCUT2D eigenvalue weighted by Crippen LogP contribution is -2.02. The highest BCUT2D eigenvalue weighted by Crippen LogP contribution is 2.07. The van der Waals surface area contributed by atoms with Crippen molar-refractivity contribution in [3.05, 3.63) is 24.2 Å². The standard InChI is InChI=1S/C12H19NO2/c13-7-4-2-1-3-5-12(14)9-11-6-8-15-10-11/h6,8,10H,1-5,7,9,13H2. The predicted octanol–water partition coefficient (Wildman–Crippen LogP) is 2.30. The summed E-state index contributed by atoms with van der Waals surface area (Å²) in [6.07, 6.45) is 8.70. The number of carbonyl (C=O) groups is 1. The number of carbonyl (C=O) groups excluding carboxylic acids is 1. The minimum absolute atomic E-state index is 0.296. The molecule has 0 aromatic carbocycles. The van der Waals surface area contributed by atoms with E-state index in [1.807, 2.05) is 6.07 Å². The second kappa shape index (κ2) is 7.23. The first-order chi connectivity index (χ1) is 7.33. The molecule has 1 aromatic rings. The molecule has 15 heavy (non-hydrogen) atoms. The van der Waals surface area contributed by atoms with Crippen LogP contribution < -0.4 is 5.73 Å². The summed E-state index contributed by atoms with van der Waals surface area (Å²) in [5.74, 6) is 0.296. The van der Waals surface area contributed by atoms with Gasteiger partial charge < -0.3 is 10.2 Å². The molecule has 2 N–H and O–H groups in total. The van der Waals surface area contributed by atoms with Crippen LogP contribution in [0.2, 0.25) is 0 Å². The van der Waals surface area contributed by atoms with Gasteiger partial charge in [0.15, 0.2) is 0 Å². The minimum atomic E-state index is 0.296. The summed E-state index contributed by atoms with van der Waals surface area (Å²) in [6, 6.07) is 1.84. The Morgan fingerprint density at radius 3 is 2.73 bits per heavy atom. The fourth-order valence-electron chi connectivity index (χ4n) is 1.53. The maximum absolute atomic E-state index is 11.5. The maximum Gasteiger partial charge on any atom is 0.137 e. The molecule has 84 valence electrons. The van der Waals surface area contributed by atoms with Gasteiger partial charge in [-0.1, -0.05) is 12.8 Å². The Labute approximate surface area is 90.6 Å². The van der Waals surface area contributed by atoms with Gasteiger partial charge >= 0.3 is 0 Å². The lowest BCUT2D eigenvalue weighted by Gasteiger charge is -1.99. The van der Waals surface area contributed by atoms with Crippen LogP contribution in [-0.2, 0) is 11.2 Å². The van der Waals surface area contributed by atoms with Crippen LogP contribution in [0.15, 0.2) is 23.0 Å². The molecule has 1 rings (SSSR count). The number of Topliss-reactive ketones (excluding diaryl/α,β-unsaturated/α-hetero) is 1. The Hall–Kier alpha value is -1.09. The number of hydrogen-bond acceptors (Lipinski definition) is 3. The molecule has 0 aliphatic carbocycles. The summed E-state index contributed by atoms with van der Waals surface area (Å²) < 4.78 is 4.91. The molecule has 0 radical (unpaired) electrons. The van der Waals surface area contributed by atoms with E-state index in [2.05, 4.69) is 0 Å². The molecule has 1 aromatic heterocycles. The van der Waals surface area contributed by atoms with Crippen LogP contribution >= 0.6 is 0 Å². The van der Waals surface area contributed by atoms with Gasteiger partial charge in [0.1, 0.15) is 5.78 Å². The lowest BCUT2D eigenvalue weighted by molar-refractivity contribution is -0.118. The summed E-state index contributed by atoms with van der Waals surface area (Å²) >= 11 is 0. The molecule has 0 atom stereocenters. The first-order valence-corrected chi connectivity index (χ1v) is 5.56. The molecule has 0 saturated heterocycles. The van der Waals surface area contributed by atoms with Crippen LogP contribution in [0.5, 0.6) is 0 Å². The van der Waals surface area contributed by atoms with Crippen molar-refractivity contribution in [1.82, 2.24) is 0 Å². The number of furan rings is 1. The third kappa shape index (κ3) is 5.37. The van der Waals surface area contributed by atoms with Crippen LogP contribution in [0.4, 0.5) is 0 Å². The number of unbranched alkanes of at least 4 members (excludes halogenated alkanes) is 3. The maximum atomic E-state index is 11.5. The van der Waals surface area contributed by atoms with Gasteiger partial charge in [-0.05, 0) is 31.0 Å². The quantitative estimate of drug-likeness (QED) is 0.668. The smallest absolute Gasteiger partial charge is 0.137 e. The van der Waals surface area contributed by atoms with Crippen LogP contribution in [0, 0.1) is 0 Å². The van der Waals surface area contributed by atoms with Gasteiger partial charge in [-0.15, -0.1) is 0 Å². The number of hydrogen-bond donors (Lipinski definition) is 1. The summed E-state index contributed by atoms with van der Waals surface area (Å²) in [7, 11) is 0. The summed E-state index contributed by atoms with van der Waals surface area (Å²) in [5, 5.41) is 0. The van der Waals surface area contributed by atoms with E-state index < -0.39 is 0 Å². The summed E-state index contributed by atoms with van der Waals surface area (Å²) in [5.41, 5.74) is 6.36. The van der Waals surface area contributed by atoms with Crippen molar-refractivity contribution >= 4 is 5.78 Å². The largest absolute Gasteiger partial charge is 0.472 e. The average Bonchev–Trinajstić information content (AvgIpc) is 2.70.